The van der Waals surface area contributed by atoms with Gasteiger partial charge in [0.15, 0.2) is 0 Å². The van der Waals surface area contributed by atoms with Gasteiger partial charge in [0.2, 0.25) is 0 Å². The molecule has 0 radical (unpaired) electrons. The summed E-state index contributed by atoms with van der Waals surface area (Å²) in [4.78, 5) is 2.40. The van der Waals surface area contributed by atoms with Gasteiger partial charge in [-0.1, -0.05) is 17.7 Å². The molecule has 1 aromatic carbocycles. The lowest BCUT2D eigenvalue weighted by Crippen LogP contribution is -2.35. The van der Waals surface area contributed by atoms with Crippen LogP contribution in [0.5, 0.6) is 0 Å². The highest BCUT2D eigenvalue weighted by atomic mass is 35.5. The van der Waals surface area contributed by atoms with Crippen LogP contribution in [0.2, 0.25) is 5.02 Å². The van der Waals surface area contributed by atoms with Gasteiger partial charge >= 0.3 is 0 Å². The van der Waals surface area contributed by atoms with Crippen molar-refractivity contribution >= 4 is 11.6 Å². The van der Waals surface area contributed by atoms with E-state index in [-0.39, 0.29) is 5.02 Å². The van der Waals surface area contributed by atoms with Crippen molar-refractivity contribution in [3.63, 3.8) is 0 Å². The second-order valence-electron chi connectivity index (χ2n) is 6.13. The Bertz CT molecular complexity index is 466. The molecule has 20 heavy (non-hydrogen) atoms. The number of hydrogen-bond donors (Lipinski definition) is 1. The Kier molecular flexibility index (Phi) is 5.05. The first-order valence-corrected chi connectivity index (χ1v) is 7.68. The molecule has 4 heteroatoms. The Morgan fingerprint density at radius 1 is 1.35 bits per heavy atom. The molecule has 1 aliphatic rings. The van der Waals surface area contributed by atoms with Crippen LogP contribution in [0.1, 0.15) is 38.7 Å². The maximum absolute atomic E-state index is 13.2. The van der Waals surface area contributed by atoms with E-state index in [0.29, 0.717) is 12.5 Å². The molecule has 0 aliphatic carbocycles. The van der Waals surface area contributed by atoms with Crippen LogP contribution in [-0.2, 0) is 6.42 Å². The molecule has 1 aliphatic heterocycles. The topological polar surface area (TPSA) is 23.5 Å². The molecule has 1 fully saturated rings. The van der Waals surface area contributed by atoms with Crippen LogP contribution in [0, 0.1) is 5.82 Å². The van der Waals surface area contributed by atoms with E-state index < -0.39 is 11.4 Å². The smallest absolute Gasteiger partial charge is 0.141 e. The number of rotatable bonds is 3. The summed E-state index contributed by atoms with van der Waals surface area (Å²) in [6, 6.07) is 5.22. The summed E-state index contributed by atoms with van der Waals surface area (Å²) in [7, 11) is 0. The van der Waals surface area contributed by atoms with E-state index in [2.05, 4.69) is 18.7 Å². The summed E-state index contributed by atoms with van der Waals surface area (Å²) in [5.74, 6) is -0.408. The second-order valence-corrected chi connectivity index (χ2v) is 6.54. The van der Waals surface area contributed by atoms with Crippen LogP contribution >= 0.6 is 11.6 Å². The zero-order valence-corrected chi connectivity index (χ0v) is 13.0. The molecule has 1 heterocycles. The maximum Gasteiger partial charge on any atom is 0.141 e. The van der Waals surface area contributed by atoms with Crippen molar-refractivity contribution in [2.24, 2.45) is 0 Å². The minimum atomic E-state index is -0.704. The summed E-state index contributed by atoms with van der Waals surface area (Å²) >= 11 is 5.81. The van der Waals surface area contributed by atoms with E-state index in [1.807, 2.05) is 0 Å². The van der Waals surface area contributed by atoms with E-state index in [9.17, 15) is 9.50 Å². The van der Waals surface area contributed by atoms with E-state index in [1.54, 1.807) is 12.1 Å². The predicted molar refractivity (Wildman–Crippen MR) is 80.6 cm³/mol. The fraction of sp³-hybridized carbons (Fsp3) is 0.625. The molecule has 1 N–H and O–H groups in total. The molecular weight excluding hydrogens is 277 g/mol. The predicted octanol–water partition coefficient (Wildman–Crippen LogP) is 3.65. The lowest BCUT2D eigenvalue weighted by Gasteiger charge is -2.28. The number of nitrogens with zero attached hydrogens (tertiary/aromatic N) is 1. The first kappa shape index (κ1) is 15.7. The van der Waals surface area contributed by atoms with Gasteiger partial charge in [-0.3, -0.25) is 0 Å². The highest BCUT2D eigenvalue weighted by Gasteiger charge is 2.31. The lowest BCUT2D eigenvalue weighted by molar-refractivity contribution is 0.0248. The molecule has 0 saturated carbocycles. The van der Waals surface area contributed by atoms with Gasteiger partial charge in [0.1, 0.15) is 5.82 Å². The number of benzene rings is 1. The Hall–Kier alpha value is -0.640. The van der Waals surface area contributed by atoms with E-state index in [4.69, 9.17) is 11.6 Å². The SMILES string of the molecule is CC(C)N1CCCC(O)(Cc2ccc(F)c(Cl)c2)CC1. The van der Waals surface area contributed by atoms with Gasteiger partial charge in [-0.25, -0.2) is 4.39 Å². The largest absolute Gasteiger partial charge is 0.389 e. The quantitative estimate of drug-likeness (QED) is 0.921. The van der Waals surface area contributed by atoms with Gasteiger partial charge in [-0.15, -0.1) is 0 Å². The number of likely N-dealkylation sites (tertiary alicyclic amines) is 1. The minimum absolute atomic E-state index is 0.128. The second kappa shape index (κ2) is 6.42. The zero-order chi connectivity index (χ0) is 14.8. The normalized spacial score (nSPS) is 24.9. The molecule has 0 spiro atoms. The Balaban J connectivity index is 2.05. The van der Waals surface area contributed by atoms with Crippen LogP contribution in [0.15, 0.2) is 18.2 Å². The Morgan fingerprint density at radius 2 is 2.10 bits per heavy atom. The van der Waals surface area contributed by atoms with Crippen molar-refractivity contribution in [2.45, 2.75) is 51.2 Å². The number of aliphatic hydroxyl groups is 1. The average Bonchev–Trinajstić information content (AvgIpc) is 2.56. The fourth-order valence-electron chi connectivity index (χ4n) is 2.92. The molecule has 0 amide bonds. The molecular formula is C16H23ClFNO. The van der Waals surface area contributed by atoms with Crippen LogP contribution in [0.4, 0.5) is 4.39 Å². The lowest BCUT2D eigenvalue weighted by atomic mass is 9.88. The van der Waals surface area contributed by atoms with Crippen molar-refractivity contribution in [2.75, 3.05) is 13.1 Å². The Labute approximate surface area is 125 Å². The molecule has 1 aromatic rings. The standard InChI is InChI=1S/C16H23ClFNO/c1-12(2)19-8-3-6-16(20,7-9-19)11-13-4-5-15(18)14(17)10-13/h4-5,10,12,20H,3,6-9,11H2,1-2H3. The van der Waals surface area contributed by atoms with Gasteiger partial charge in [0.05, 0.1) is 10.6 Å². The van der Waals surface area contributed by atoms with Gasteiger partial charge in [-0.2, -0.15) is 0 Å². The van der Waals surface area contributed by atoms with Gasteiger partial charge < -0.3 is 10.0 Å². The van der Waals surface area contributed by atoms with Gasteiger partial charge in [-0.05, 0) is 57.4 Å². The third kappa shape index (κ3) is 3.94. The summed E-state index contributed by atoms with van der Waals surface area (Å²) < 4.78 is 13.2. The van der Waals surface area contributed by atoms with Crippen molar-refractivity contribution in [1.29, 1.82) is 0 Å². The van der Waals surface area contributed by atoms with Crippen molar-refractivity contribution in [3.8, 4) is 0 Å². The van der Waals surface area contributed by atoms with Crippen molar-refractivity contribution < 1.29 is 9.50 Å². The molecule has 0 aromatic heterocycles. The molecule has 1 atom stereocenters. The van der Waals surface area contributed by atoms with Crippen LogP contribution in [-0.4, -0.2) is 34.7 Å². The number of hydrogen-bond acceptors (Lipinski definition) is 2. The first-order valence-electron chi connectivity index (χ1n) is 7.30. The van der Waals surface area contributed by atoms with Crippen molar-refractivity contribution in [1.82, 2.24) is 4.90 Å². The minimum Gasteiger partial charge on any atom is -0.389 e. The summed E-state index contributed by atoms with van der Waals surface area (Å²) in [5.41, 5.74) is 0.196. The molecule has 1 saturated heterocycles. The van der Waals surface area contributed by atoms with Gasteiger partial charge in [0.25, 0.3) is 0 Å². The van der Waals surface area contributed by atoms with Crippen LogP contribution in [0.25, 0.3) is 0 Å². The summed E-state index contributed by atoms with van der Waals surface area (Å²) in [5, 5.41) is 10.9. The van der Waals surface area contributed by atoms with E-state index in [0.717, 1.165) is 37.9 Å². The summed E-state index contributed by atoms with van der Waals surface area (Å²) in [6.45, 7) is 6.31. The fourth-order valence-corrected chi connectivity index (χ4v) is 3.13. The first-order chi connectivity index (χ1) is 9.39. The van der Waals surface area contributed by atoms with Crippen LogP contribution < -0.4 is 0 Å². The molecule has 1 unspecified atom stereocenters. The summed E-state index contributed by atoms with van der Waals surface area (Å²) in [6.07, 6.45) is 3.06. The Morgan fingerprint density at radius 3 is 2.75 bits per heavy atom. The zero-order valence-electron chi connectivity index (χ0n) is 12.2. The molecule has 2 nitrogen and oxygen atoms in total. The van der Waals surface area contributed by atoms with Crippen LogP contribution in [0.3, 0.4) is 0 Å². The molecule has 0 bridgehead atoms. The maximum atomic E-state index is 13.2. The third-order valence-electron chi connectivity index (χ3n) is 4.20. The monoisotopic (exact) mass is 299 g/mol. The molecule has 2 rings (SSSR count). The van der Waals surface area contributed by atoms with Gasteiger partial charge in [0, 0.05) is 19.0 Å². The molecule has 112 valence electrons. The highest BCUT2D eigenvalue weighted by molar-refractivity contribution is 6.30. The highest BCUT2D eigenvalue weighted by Crippen LogP contribution is 2.28. The average molecular weight is 300 g/mol. The number of halogens is 2. The van der Waals surface area contributed by atoms with Crippen molar-refractivity contribution in [3.05, 3.63) is 34.6 Å². The van der Waals surface area contributed by atoms with E-state index >= 15 is 0 Å². The van der Waals surface area contributed by atoms with E-state index in [1.165, 1.54) is 6.07 Å². The third-order valence-corrected chi connectivity index (χ3v) is 4.49.